The maximum absolute atomic E-state index is 10.8. The van der Waals surface area contributed by atoms with Gasteiger partial charge < -0.3 is 4.55 Å². The van der Waals surface area contributed by atoms with Gasteiger partial charge in [0.1, 0.15) is 6.54 Å². The minimum absolute atomic E-state index is 0.109. The van der Waals surface area contributed by atoms with Gasteiger partial charge in [-0.05, 0) is 35.6 Å². The van der Waals surface area contributed by atoms with Crippen molar-refractivity contribution in [3.63, 3.8) is 0 Å². The van der Waals surface area contributed by atoms with E-state index in [9.17, 15) is 13.0 Å². The third-order valence-corrected chi connectivity index (χ3v) is 6.40. The van der Waals surface area contributed by atoms with Gasteiger partial charge >= 0.3 is 0 Å². The minimum Gasteiger partial charge on any atom is -0.726 e. The third-order valence-electron chi connectivity index (χ3n) is 5.95. The summed E-state index contributed by atoms with van der Waals surface area (Å²) in [5, 5.41) is 0. The van der Waals surface area contributed by atoms with Crippen LogP contribution in [-0.2, 0) is 32.8 Å². The van der Waals surface area contributed by atoms with Gasteiger partial charge in [0, 0.05) is 12.0 Å². The molecule has 0 aliphatic carbocycles. The molecule has 0 radical (unpaired) electrons. The lowest BCUT2D eigenvalue weighted by Gasteiger charge is -2.36. The molecule has 32 heavy (non-hydrogen) atoms. The average Bonchev–Trinajstić information content (AvgIpc) is 2.78. The van der Waals surface area contributed by atoms with Crippen LogP contribution in [0.5, 0.6) is 0 Å². The van der Waals surface area contributed by atoms with E-state index in [0.29, 0.717) is 13.0 Å². The smallest absolute Gasteiger partial charge is 0.217 e. The van der Waals surface area contributed by atoms with E-state index in [1.807, 2.05) is 18.2 Å². The fourth-order valence-electron chi connectivity index (χ4n) is 4.72. The van der Waals surface area contributed by atoms with E-state index in [-0.39, 0.29) is 12.0 Å². The molecule has 1 heterocycles. The van der Waals surface area contributed by atoms with E-state index < -0.39 is 10.4 Å². The number of nitrogens with zero attached hydrogens (tertiary/aromatic N) is 1. The zero-order valence-corrected chi connectivity index (χ0v) is 18.7. The molecule has 0 amide bonds. The van der Waals surface area contributed by atoms with Crippen LogP contribution in [0.3, 0.4) is 0 Å². The Morgan fingerprint density at radius 3 is 2.00 bits per heavy atom. The van der Waals surface area contributed by atoms with Crippen molar-refractivity contribution < 1.29 is 21.7 Å². The number of hydrogen-bond donors (Lipinski definition) is 0. The van der Waals surface area contributed by atoms with Crippen molar-refractivity contribution in [2.24, 2.45) is 0 Å². The molecule has 0 fully saturated rings. The molecule has 3 aromatic rings. The molecule has 0 bridgehead atoms. The Kier molecular flexibility index (Phi) is 6.84. The van der Waals surface area contributed by atoms with Gasteiger partial charge in [-0.1, -0.05) is 78.9 Å². The van der Waals surface area contributed by atoms with Gasteiger partial charge in [-0.15, -0.1) is 0 Å². The van der Waals surface area contributed by atoms with Crippen molar-refractivity contribution in [2.45, 2.75) is 24.7 Å². The quantitative estimate of drug-likeness (QED) is 0.216. The molecule has 0 saturated carbocycles. The fraction of sp³-hybridized carbons (Fsp3) is 0.269. The number of hydrogen-bond acceptors (Lipinski definition) is 4. The fourth-order valence-corrected chi connectivity index (χ4v) is 5.04. The summed E-state index contributed by atoms with van der Waals surface area (Å²) in [5.41, 5.74) is 4.89. The van der Waals surface area contributed by atoms with E-state index in [1.54, 1.807) is 0 Å². The molecule has 4 rings (SSSR count). The van der Waals surface area contributed by atoms with Crippen molar-refractivity contribution in [3.8, 4) is 0 Å². The average molecular weight is 450 g/mol. The van der Waals surface area contributed by atoms with Gasteiger partial charge in [-0.2, -0.15) is 0 Å². The van der Waals surface area contributed by atoms with E-state index in [2.05, 4.69) is 81.7 Å². The Bertz CT molecular complexity index is 1130. The lowest BCUT2D eigenvalue weighted by molar-refractivity contribution is -0.535. The van der Waals surface area contributed by atoms with Crippen molar-refractivity contribution in [3.05, 3.63) is 107 Å². The molecule has 0 spiro atoms. The molecular weight excluding hydrogens is 422 g/mol. The number of rotatable bonds is 9. The zero-order chi connectivity index (χ0) is 22.4. The van der Waals surface area contributed by atoms with Crippen LogP contribution in [0.25, 0.3) is 0 Å². The predicted octanol–water partition coefficient (Wildman–Crippen LogP) is 3.72. The van der Waals surface area contributed by atoms with Gasteiger partial charge in [-0.25, -0.2) is 13.0 Å². The predicted molar refractivity (Wildman–Crippen MR) is 124 cm³/mol. The van der Waals surface area contributed by atoms with Crippen LogP contribution in [0, 0.1) is 0 Å². The molecule has 3 aromatic carbocycles. The summed E-state index contributed by atoms with van der Waals surface area (Å²) < 4.78 is 38.9. The molecule has 0 unspecified atom stereocenters. The summed E-state index contributed by atoms with van der Waals surface area (Å²) in [7, 11) is -4.66. The summed E-state index contributed by atoms with van der Waals surface area (Å²) in [6.07, 6.45) is 4.35. The number of benzene rings is 3. The highest BCUT2D eigenvalue weighted by molar-refractivity contribution is 7.80. The van der Waals surface area contributed by atoms with Gasteiger partial charge in [0.2, 0.25) is 10.4 Å². The molecule has 0 atom stereocenters. The molecule has 0 N–H and O–H groups in total. The molecule has 5 nitrogen and oxygen atoms in total. The highest BCUT2D eigenvalue weighted by Gasteiger charge is 2.41. The largest absolute Gasteiger partial charge is 0.726 e. The molecule has 166 valence electrons. The van der Waals surface area contributed by atoms with Crippen LogP contribution in [0.4, 0.5) is 0 Å². The van der Waals surface area contributed by atoms with Crippen LogP contribution < -0.4 is 0 Å². The summed E-state index contributed by atoms with van der Waals surface area (Å²) in [6, 6.07) is 29.5. The normalized spacial score (nSPS) is 15.1. The first kappa shape index (κ1) is 22.4. The standard InChI is InChI=1S/C26H27NO4S/c28-32(29,30)31-17-9-16-27-20-24-14-7-8-15-25(24)26(21-27,18-22-10-3-1-4-11-22)19-23-12-5-2-6-13-23/h1-8,10-15,20H,9,16-19,21H2. The maximum Gasteiger partial charge on any atom is 0.217 e. The topological polar surface area (TPSA) is 69.4 Å². The molecule has 1 aliphatic heterocycles. The maximum atomic E-state index is 10.8. The van der Waals surface area contributed by atoms with E-state index in [1.165, 1.54) is 22.3 Å². The van der Waals surface area contributed by atoms with Crippen molar-refractivity contribution >= 4 is 16.6 Å². The van der Waals surface area contributed by atoms with Crippen LogP contribution >= 0.6 is 0 Å². The van der Waals surface area contributed by atoms with Gasteiger partial charge in [-0.3, -0.25) is 4.18 Å². The lowest BCUT2D eigenvalue weighted by Crippen LogP contribution is -2.45. The lowest BCUT2D eigenvalue weighted by atomic mass is 9.68. The van der Waals surface area contributed by atoms with Crippen molar-refractivity contribution in [1.82, 2.24) is 0 Å². The molecular formula is C26H27NO4S. The van der Waals surface area contributed by atoms with Crippen LogP contribution in [-0.4, -0.2) is 43.5 Å². The first-order valence-corrected chi connectivity index (χ1v) is 12.1. The highest BCUT2D eigenvalue weighted by atomic mass is 32.3. The first-order valence-electron chi connectivity index (χ1n) is 10.8. The Morgan fingerprint density at radius 1 is 0.844 bits per heavy atom. The second-order valence-corrected chi connectivity index (χ2v) is 9.43. The zero-order valence-electron chi connectivity index (χ0n) is 17.9. The van der Waals surface area contributed by atoms with E-state index in [4.69, 9.17) is 0 Å². The summed E-state index contributed by atoms with van der Waals surface area (Å²) >= 11 is 0. The summed E-state index contributed by atoms with van der Waals surface area (Å²) in [4.78, 5) is 0. The van der Waals surface area contributed by atoms with Gasteiger partial charge in [0.25, 0.3) is 0 Å². The van der Waals surface area contributed by atoms with E-state index >= 15 is 0 Å². The first-order chi connectivity index (χ1) is 15.4. The second-order valence-electron chi connectivity index (χ2n) is 8.38. The monoisotopic (exact) mass is 449 g/mol. The Balaban J connectivity index is 1.68. The SMILES string of the molecule is O=S(=O)([O-])OCCC[N+]1=Cc2ccccc2C(Cc2ccccc2)(Cc2ccccc2)C1. The molecule has 6 heteroatoms. The van der Waals surface area contributed by atoms with Crippen molar-refractivity contribution in [1.29, 1.82) is 0 Å². The molecule has 0 aromatic heterocycles. The van der Waals surface area contributed by atoms with Gasteiger partial charge in [0.15, 0.2) is 12.8 Å². The van der Waals surface area contributed by atoms with Crippen LogP contribution in [0.15, 0.2) is 84.9 Å². The number of fused-ring (bicyclic) bond motifs is 1. The van der Waals surface area contributed by atoms with E-state index in [0.717, 1.165) is 19.4 Å². The third kappa shape index (κ3) is 5.71. The highest BCUT2D eigenvalue weighted by Crippen LogP contribution is 2.37. The molecule has 0 saturated heterocycles. The Labute approximate surface area is 190 Å². The van der Waals surface area contributed by atoms with Gasteiger partial charge in [0.05, 0.1) is 12.0 Å². The minimum atomic E-state index is -4.66. The van der Waals surface area contributed by atoms with Crippen LogP contribution in [0.1, 0.15) is 28.7 Å². The van der Waals surface area contributed by atoms with Crippen LogP contribution in [0.2, 0.25) is 0 Å². The Morgan fingerprint density at radius 2 is 1.41 bits per heavy atom. The van der Waals surface area contributed by atoms with Crippen molar-refractivity contribution in [2.75, 3.05) is 19.7 Å². The second kappa shape index (κ2) is 9.77. The summed E-state index contributed by atoms with van der Waals surface area (Å²) in [6.45, 7) is 1.29. The molecule has 1 aliphatic rings. The Hall–Kier alpha value is -2.80. The summed E-state index contributed by atoms with van der Waals surface area (Å²) in [5.74, 6) is 0.